The zero-order chi connectivity index (χ0) is 29.1. The zero-order valence-corrected chi connectivity index (χ0v) is 27.2. The molecule has 0 radical (unpaired) electrons. The molecule has 1 unspecified atom stereocenters. The summed E-state index contributed by atoms with van der Waals surface area (Å²) in [6.45, 7) is 24.0. The van der Waals surface area contributed by atoms with Gasteiger partial charge < -0.3 is 20.9 Å². The molecule has 0 aromatic carbocycles. The van der Waals surface area contributed by atoms with Crippen LogP contribution in [0.25, 0.3) is 0 Å². The molecule has 1 aromatic rings. The lowest BCUT2D eigenvalue weighted by molar-refractivity contribution is 0.215. The fraction of sp³-hybridized carbons (Fsp3) is 0.906. The van der Waals surface area contributed by atoms with E-state index in [-0.39, 0.29) is 28.2 Å². The van der Waals surface area contributed by atoms with E-state index in [4.69, 9.17) is 20.7 Å². The second-order valence-corrected chi connectivity index (χ2v) is 15.2. The van der Waals surface area contributed by atoms with Crippen LogP contribution in [-0.4, -0.2) is 49.7 Å². The first kappa shape index (κ1) is 31.9. The van der Waals surface area contributed by atoms with Crippen LogP contribution in [0.15, 0.2) is 0 Å². The van der Waals surface area contributed by atoms with Gasteiger partial charge >= 0.3 is 0 Å². The summed E-state index contributed by atoms with van der Waals surface area (Å²) in [6, 6.07) is 0.174. The number of nitrogens with zero attached hydrogens (tertiary/aromatic N) is 5. The highest BCUT2D eigenvalue weighted by atomic mass is 15.4. The SMILES string of the molecule is CCCCCCCCC(C)CNc1nc(N2C(C)(C)CCCC2(C)C)nc(N2C(C)(C)CC(N)CC2(C)C)n1. The Hall–Kier alpha value is -1.63. The molecule has 0 amide bonds. The van der Waals surface area contributed by atoms with Crippen LogP contribution >= 0.6 is 0 Å². The maximum absolute atomic E-state index is 6.53. The lowest BCUT2D eigenvalue weighted by atomic mass is 9.77. The van der Waals surface area contributed by atoms with Crippen LogP contribution in [0.2, 0.25) is 0 Å². The van der Waals surface area contributed by atoms with Gasteiger partial charge in [0.25, 0.3) is 0 Å². The quantitative estimate of drug-likeness (QED) is 0.261. The summed E-state index contributed by atoms with van der Waals surface area (Å²) in [4.78, 5) is 20.3. The molecule has 0 bridgehead atoms. The number of anilines is 3. The first-order chi connectivity index (χ1) is 18.1. The Balaban J connectivity index is 1.90. The largest absolute Gasteiger partial charge is 0.354 e. The standard InChI is InChI=1S/C32H61N7/c1-11-12-13-14-15-16-18-24(2)23-34-26-35-27(38-29(3,4)19-17-20-30(38,5)6)37-28(36-26)39-31(7,8)21-25(33)22-32(39,9)10/h24-25H,11-23,33H2,1-10H3,(H,34,35,36,37). The fourth-order valence-electron chi connectivity index (χ4n) is 7.71. The molecule has 7 nitrogen and oxygen atoms in total. The van der Waals surface area contributed by atoms with Crippen molar-refractivity contribution < 1.29 is 0 Å². The minimum atomic E-state index is -0.158. The second-order valence-electron chi connectivity index (χ2n) is 15.2. The van der Waals surface area contributed by atoms with Crippen molar-refractivity contribution in [1.82, 2.24) is 15.0 Å². The Morgan fingerprint density at radius 3 is 1.79 bits per heavy atom. The first-order valence-corrected chi connectivity index (χ1v) is 16.0. The molecular formula is C32H61N7. The molecular weight excluding hydrogens is 482 g/mol. The van der Waals surface area contributed by atoms with Crippen molar-refractivity contribution in [2.24, 2.45) is 11.7 Å². The monoisotopic (exact) mass is 543 g/mol. The van der Waals surface area contributed by atoms with E-state index in [2.05, 4.69) is 84.4 Å². The van der Waals surface area contributed by atoms with E-state index in [1.165, 1.54) is 51.4 Å². The van der Waals surface area contributed by atoms with E-state index in [1.54, 1.807) is 0 Å². The van der Waals surface area contributed by atoms with E-state index in [1.807, 2.05) is 0 Å². The normalized spacial score (nSPS) is 23.1. The highest BCUT2D eigenvalue weighted by molar-refractivity contribution is 5.52. The predicted molar refractivity (Wildman–Crippen MR) is 168 cm³/mol. The van der Waals surface area contributed by atoms with Crippen LogP contribution < -0.4 is 20.9 Å². The van der Waals surface area contributed by atoms with Crippen molar-refractivity contribution in [1.29, 1.82) is 0 Å². The smallest absolute Gasteiger partial charge is 0.232 e. The molecule has 7 heteroatoms. The third-order valence-corrected chi connectivity index (χ3v) is 9.19. The van der Waals surface area contributed by atoms with Crippen LogP contribution in [0.5, 0.6) is 0 Å². The van der Waals surface area contributed by atoms with E-state index >= 15 is 0 Å². The summed E-state index contributed by atoms with van der Waals surface area (Å²) >= 11 is 0. The fourth-order valence-corrected chi connectivity index (χ4v) is 7.71. The van der Waals surface area contributed by atoms with Gasteiger partial charge in [-0.1, -0.05) is 52.4 Å². The van der Waals surface area contributed by atoms with E-state index < -0.39 is 0 Å². The van der Waals surface area contributed by atoms with Crippen molar-refractivity contribution in [3.8, 4) is 0 Å². The molecule has 1 aromatic heterocycles. The maximum Gasteiger partial charge on any atom is 0.232 e. The summed E-state index contributed by atoms with van der Waals surface area (Å²) in [7, 11) is 0. The van der Waals surface area contributed by atoms with Crippen LogP contribution in [0.3, 0.4) is 0 Å². The van der Waals surface area contributed by atoms with Gasteiger partial charge in [-0.15, -0.1) is 0 Å². The third kappa shape index (κ3) is 7.98. The molecule has 3 heterocycles. The first-order valence-electron chi connectivity index (χ1n) is 16.0. The molecule has 0 saturated carbocycles. The molecule has 3 rings (SSSR count). The number of nitrogens with one attached hydrogen (secondary N) is 1. The zero-order valence-electron chi connectivity index (χ0n) is 27.2. The van der Waals surface area contributed by atoms with Gasteiger partial charge in [-0.3, -0.25) is 0 Å². The number of piperidine rings is 2. The third-order valence-electron chi connectivity index (χ3n) is 9.19. The molecule has 2 aliphatic heterocycles. The molecule has 2 saturated heterocycles. The van der Waals surface area contributed by atoms with Crippen molar-refractivity contribution >= 4 is 17.8 Å². The van der Waals surface area contributed by atoms with E-state index in [9.17, 15) is 0 Å². The van der Waals surface area contributed by atoms with Crippen molar-refractivity contribution in [3.05, 3.63) is 0 Å². The Bertz CT molecular complexity index is 889. The van der Waals surface area contributed by atoms with Gasteiger partial charge in [-0.2, -0.15) is 15.0 Å². The molecule has 0 spiro atoms. The minimum Gasteiger partial charge on any atom is -0.354 e. The molecule has 224 valence electrons. The van der Waals surface area contributed by atoms with Gasteiger partial charge in [0.05, 0.1) is 0 Å². The van der Waals surface area contributed by atoms with Crippen LogP contribution in [0.4, 0.5) is 17.8 Å². The maximum atomic E-state index is 6.53. The second kappa shape index (κ2) is 12.5. The number of rotatable bonds is 12. The van der Waals surface area contributed by atoms with Gasteiger partial charge in [-0.05, 0) is 99.8 Å². The number of hydrogen-bond donors (Lipinski definition) is 2. The molecule has 3 N–H and O–H groups in total. The van der Waals surface area contributed by atoms with Crippen LogP contribution in [0, 0.1) is 5.92 Å². The summed E-state index contributed by atoms with van der Waals surface area (Å²) in [5.74, 6) is 2.83. The average molecular weight is 544 g/mol. The van der Waals surface area contributed by atoms with Gasteiger partial charge in [0, 0.05) is 34.7 Å². The number of hydrogen-bond acceptors (Lipinski definition) is 7. The predicted octanol–water partition coefficient (Wildman–Crippen LogP) is 7.70. The van der Waals surface area contributed by atoms with Crippen LogP contribution in [-0.2, 0) is 0 Å². The summed E-state index contributed by atoms with van der Waals surface area (Å²) in [6.07, 6.45) is 14.6. The number of nitrogens with two attached hydrogens (primary N) is 1. The lowest BCUT2D eigenvalue weighted by Gasteiger charge is -2.55. The Labute approximate surface area is 240 Å². The van der Waals surface area contributed by atoms with Crippen molar-refractivity contribution in [2.45, 2.75) is 174 Å². The molecule has 2 fully saturated rings. The summed E-state index contributed by atoms with van der Waals surface area (Å²) < 4.78 is 0. The lowest BCUT2D eigenvalue weighted by Crippen LogP contribution is -2.64. The van der Waals surface area contributed by atoms with E-state index in [0.29, 0.717) is 11.9 Å². The van der Waals surface area contributed by atoms with Gasteiger partial charge in [0.15, 0.2) is 0 Å². The molecule has 2 aliphatic rings. The van der Waals surface area contributed by atoms with Gasteiger partial charge in [0.1, 0.15) is 0 Å². The van der Waals surface area contributed by atoms with Crippen molar-refractivity contribution in [3.63, 3.8) is 0 Å². The van der Waals surface area contributed by atoms with Crippen LogP contribution in [0.1, 0.15) is 146 Å². The molecule has 1 atom stereocenters. The topological polar surface area (TPSA) is 83.2 Å². The Morgan fingerprint density at radius 1 is 0.769 bits per heavy atom. The number of unbranched alkanes of at least 4 members (excludes halogenated alkanes) is 5. The highest BCUT2D eigenvalue weighted by Gasteiger charge is 2.47. The molecule has 39 heavy (non-hydrogen) atoms. The van der Waals surface area contributed by atoms with Crippen molar-refractivity contribution in [2.75, 3.05) is 21.7 Å². The minimum absolute atomic E-state index is 0.0298. The van der Waals surface area contributed by atoms with Gasteiger partial charge in [0.2, 0.25) is 17.8 Å². The average Bonchev–Trinajstić information content (AvgIpc) is 2.76. The Kier molecular flexibility index (Phi) is 10.2. The van der Waals surface area contributed by atoms with Gasteiger partial charge in [-0.25, -0.2) is 0 Å². The summed E-state index contributed by atoms with van der Waals surface area (Å²) in [5.41, 5.74) is 6.15. The highest BCUT2D eigenvalue weighted by Crippen LogP contribution is 2.44. The van der Waals surface area contributed by atoms with E-state index in [0.717, 1.165) is 44.1 Å². The number of aromatic nitrogens is 3. The summed E-state index contributed by atoms with van der Waals surface area (Å²) in [5, 5.41) is 3.64. The molecule has 0 aliphatic carbocycles. The Morgan fingerprint density at radius 2 is 1.26 bits per heavy atom.